The Morgan fingerprint density at radius 3 is 2.72 bits per heavy atom. The summed E-state index contributed by atoms with van der Waals surface area (Å²) in [5.74, 6) is 2.20. The highest BCUT2D eigenvalue weighted by molar-refractivity contribution is 14.0. The Bertz CT molecular complexity index is 816. The molecule has 3 heterocycles. The molecular weight excluding hydrogens is 451 g/mol. The van der Waals surface area contributed by atoms with Crippen molar-refractivity contribution in [3.8, 4) is 0 Å². The van der Waals surface area contributed by atoms with E-state index in [0.717, 1.165) is 16.4 Å². The summed E-state index contributed by atoms with van der Waals surface area (Å²) < 4.78 is 7.78. The molecule has 0 atom stereocenters. The predicted octanol–water partition coefficient (Wildman–Crippen LogP) is 3.16. The molecule has 25 heavy (non-hydrogen) atoms. The minimum Gasteiger partial charge on any atom is -0.443 e. The number of hydrogen-bond donors (Lipinski definition) is 2. The van der Waals surface area contributed by atoms with E-state index in [2.05, 4.69) is 46.4 Å². The Balaban J connectivity index is 0.00000225. The summed E-state index contributed by atoms with van der Waals surface area (Å²) in [6.07, 6.45) is 5.79. The summed E-state index contributed by atoms with van der Waals surface area (Å²) in [5, 5.41) is 8.46. The van der Waals surface area contributed by atoms with E-state index in [1.807, 2.05) is 22.2 Å². The van der Waals surface area contributed by atoms with Gasteiger partial charge in [0.2, 0.25) is 5.89 Å². The van der Waals surface area contributed by atoms with Crippen LogP contribution in [-0.2, 0) is 18.5 Å². The number of aliphatic imine (C=N–C) groups is 1. The number of hydrogen-bond acceptors (Lipinski definition) is 5. The van der Waals surface area contributed by atoms with Crippen molar-refractivity contribution >= 4 is 46.2 Å². The molecule has 3 rings (SSSR count). The van der Waals surface area contributed by atoms with Crippen molar-refractivity contribution in [1.82, 2.24) is 25.0 Å². The van der Waals surface area contributed by atoms with Crippen LogP contribution in [0.3, 0.4) is 0 Å². The van der Waals surface area contributed by atoms with E-state index in [1.165, 1.54) is 0 Å². The Kier molecular flexibility index (Phi) is 6.44. The summed E-state index contributed by atoms with van der Waals surface area (Å²) in [6, 6.07) is 0. The number of nitrogens with zero attached hydrogens (tertiary/aromatic N) is 4. The van der Waals surface area contributed by atoms with Crippen LogP contribution in [0.1, 0.15) is 38.1 Å². The Hall–Kier alpha value is -1.62. The minimum atomic E-state index is -0.0425. The van der Waals surface area contributed by atoms with Gasteiger partial charge in [-0.2, -0.15) is 0 Å². The molecule has 3 aromatic rings. The van der Waals surface area contributed by atoms with Crippen LogP contribution in [0.2, 0.25) is 0 Å². The smallest absolute Gasteiger partial charge is 0.213 e. The number of guanidine groups is 1. The van der Waals surface area contributed by atoms with Crippen LogP contribution >= 0.6 is 35.3 Å². The van der Waals surface area contributed by atoms with Gasteiger partial charge in [0.1, 0.15) is 5.76 Å². The lowest BCUT2D eigenvalue weighted by Crippen LogP contribution is -2.36. The van der Waals surface area contributed by atoms with Crippen LogP contribution in [0, 0.1) is 0 Å². The van der Waals surface area contributed by atoms with Crippen molar-refractivity contribution in [1.29, 1.82) is 0 Å². The fourth-order valence-corrected chi connectivity index (χ4v) is 2.87. The first kappa shape index (κ1) is 19.7. The molecule has 3 aromatic heterocycles. The van der Waals surface area contributed by atoms with Crippen LogP contribution in [0.15, 0.2) is 33.4 Å². The SMILES string of the molecule is CN=C(NCc1cn2ccsc2n1)NCc1ncc(C(C)(C)C)o1.I. The molecule has 0 aliphatic carbocycles. The van der Waals surface area contributed by atoms with Crippen LogP contribution in [0.25, 0.3) is 4.96 Å². The van der Waals surface area contributed by atoms with Crippen molar-refractivity contribution in [2.45, 2.75) is 39.3 Å². The maximum absolute atomic E-state index is 5.76. The maximum atomic E-state index is 5.76. The highest BCUT2D eigenvalue weighted by Crippen LogP contribution is 2.22. The minimum absolute atomic E-state index is 0. The summed E-state index contributed by atoms with van der Waals surface area (Å²) in [6.45, 7) is 7.38. The molecule has 9 heteroatoms. The monoisotopic (exact) mass is 474 g/mol. The van der Waals surface area contributed by atoms with Crippen LogP contribution in [0.5, 0.6) is 0 Å². The molecule has 0 aromatic carbocycles. The van der Waals surface area contributed by atoms with Gasteiger partial charge < -0.3 is 15.1 Å². The second-order valence-electron chi connectivity index (χ2n) is 6.47. The van der Waals surface area contributed by atoms with Gasteiger partial charge in [-0.15, -0.1) is 35.3 Å². The molecule has 2 N–H and O–H groups in total. The van der Waals surface area contributed by atoms with Gasteiger partial charge in [0, 0.05) is 30.2 Å². The van der Waals surface area contributed by atoms with E-state index in [9.17, 15) is 0 Å². The summed E-state index contributed by atoms with van der Waals surface area (Å²) >= 11 is 1.62. The van der Waals surface area contributed by atoms with Crippen LogP contribution in [-0.4, -0.2) is 27.4 Å². The average molecular weight is 474 g/mol. The first-order chi connectivity index (χ1) is 11.5. The van der Waals surface area contributed by atoms with Gasteiger partial charge in [-0.05, 0) is 0 Å². The Morgan fingerprint density at radius 1 is 1.32 bits per heavy atom. The van der Waals surface area contributed by atoms with Gasteiger partial charge in [0.05, 0.1) is 25.0 Å². The van der Waals surface area contributed by atoms with Crippen molar-refractivity contribution in [2.75, 3.05) is 7.05 Å². The zero-order chi connectivity index (χ0) is 17.2. The number of aromatic nitrogens is 3. The molecule has 136 valence electrons. The van der Waals surface area contributed by atoms with Crippen molar-refractivity contribution in [3.63, 3.8) is 0 Å². The lowest BCUT2D eigenvalue weighted by Gasteiger charge is -2.13. The molecule has 0 fully saturated rings. The molecule has 0 radical (unpaired) electrons. The standard InChI is InChI=1S/C16H22N6OS.HI/c1-16(2,3)12-8-18-13(23-12)9-20-14(17-4)19-7-11-10-22-5-6-24-15(22)21-11;/h5-6,8,10H,7,9H2,1-4H3,(H2,17,19,20);1H. The van der Waals surface area contributed by atoms with Gasteiger partial charge in [-0.3, -0.25) is 9.39 Å². The summed E-state index contributed by atoms with van der Waals surface area (Å²) in [7, 11) is 1.73. The first-order valence-electron chi connectivity index (χ1n) is 7.76. The zero-order valence-electron chi connectivity index (χ0n) is 14.7. The zero-order valence-corrected chi connectivity index (χ0v) is 17.9. The fourth-order valence-electron chi connectivity index (χ4n) is 2.15. The highest BCUT2D eigenvalue weighted by atomic mass is 127. The quantitative estimate of drug-likeness (QED) is 0.345. The average Bonchev–Trinajstić information content (AvgIpc) is 3.21. The van der Waals surface area contributed by atoms with Gasteiger partial charge in [0.25, 0.3) is 0 Å². The topological polar surface area (TPSA) is 79.8 Å². The highest BCUT2D eigenvalue weighted by Gasteiger charge is 2.19. The number of rotatable bonds is 4. The molecule has 0 aliphatic rings. The largest absolute Gasteiger partial charge is 0.443 e. The molecule has 7 nitrogen and oxygen atoms in total. The lowest BCUT2D eigenvalue weighted by atomic mass is 9.94. The van der Waals surface area contributed by atoms with E-state index in [-0.39, 0.29) is 29.4 Å². The number of thiazole rings is 1. The molecule has 0 saturated heterocycles. The lowest BCUT2D eigenvalue weighted by molar-refractivity contribution is 0.379. The molecule has 0 spiro atoms. The van der Waals surface area contributed by atoms with E-state index in [1.54, 1.807) is 24.6 Å². The number of imidazole rings is 1. The summed E-state index contributed by atoms with van der Waals surface area (Å²) in [4.78, 5) is 14.0. The molecule has 0 saturated carbocycles. The van der Waals surface area contributed by atoms with E-state index >= 15 is 0 Å². The number of halogens is 1. The van der Waals surface area contributed by atoms with E-state index < -0.39 is 0 Å². The van der Waals surface area contributed by atoms with Gasteiger partial charge in [0.15, 0.2) is 10.9 Å². The second-order valence-corrected chi connectivity index (χ2v) is 7.35. The molecule has 0 unspecified atom stereocenters. The predicted molar refractivity (Wildman–Crippen MR) is 111 cm³/mol. The molecule has 0 amide bonds. The third kappa shape index (κ3) is 4.94. The van der Waals surface area contributed by atoms with Crippen molar-refractivity contribution < 1.29 is 4.42 Å². The second kappa shape index (κ2) is 8.17. The third-order valence-electron chi connectivity index (χ3n) is 3.50. The van der Waals surface area contributed by atoms with Crippen LogP contribution < -0.4 is 10.6 Å². The number of nitrogens with one attached hydrogen (secondary N) is 2. The first-order valence-corrected chi connectivity index (χ1v) is 8.64. The number of oxazole rings is 1. The van der Waals surface area contributed by atoms with Gasteiger partial charge in [-0.25, -0.2) is 9.97 Å². The van der Waals surface area contributed by atoms with E-state index in [4.69, 9.17) is 4.42 Å². The van der Waals surface area contributed by atoms with Gasteiger partial charge in [-0.1, -0.05) is 20.8 Å². The normalized spacial score (nSPS) is 12.2. The molecule has 0 aliphatic heterocycles. The van der Waals surface area contributed by atoms with Crippen molar-refractivity contribution in [2.24, 2.45) is 4.99 Å². The van der Waals surface area contributed by atoms with Crippen molar-refractivity contribution in [3.05, 3.63) is 41.3 Å². The van der Waals surface area contributed by atoms with Crippen LogP contribution in [0.4, 0.5) is 0 Å². The Morgan fingerprint density at radius 2 is 2.08 bits per heavy atom. The molecular formula is C16H23IN6OS. The number of fused-ring (bicyclic) bond motifs is 1. The summed E-state index contributed by atoms with van der Waals surface area (Å²) in [5.41, 5.74) is 0.926. The maximum Gasteiger partial charge on any atom is 0.213 e. The molecule has 0 bridgehead atoms. The van der Waals surface area contributed by atoms with Gasteiger partial charge >= 0.3 is 0 Å². The third-order valence-corrected chi connectivity index (χ3v) is 4.27. The Labute approximate surface area is 168 Å². The fraction of sp³-hybridized carbons (Fsp3) is 0.438. The van der Waals surface area contributed by atoms with E-state index in [0.29, 0.717) is 24.9 Å².